The largest absolute Gasteiger partial charge is 0.324 e. The lowest BCUT2D eigenvalue weighted by Gasteiger charge is -2.05. The van der Waals surface area contributed by atoms with Crippen molar-refractivity contribution in [2.75, 3.05) is 0 Å². The Morgan fingerprint density at radius 2 is 1.05 bits per heavy atom. The van der Waals surface area contributed by atoms with Crippen molar-refractivity contribution in [3.05, 3.63) is 12.7 Å². The predicted octanol–water partition coefficient (Wildman–Crippen LogP) is 6.79. The first kappa shape index (κ1) is 23.3. The zero-order valence-electron chi connectivity index (χ0n) is 14.5. The van der Waals surface area contributed by atoms with Gasteiger partial charge in [-0.15, -0.1) is 19.0 Å². The first-order valence-corrected chi connectivity index (χ1v) is 9.19. The Hall–Kier alpha value is -0.0100. The molecular formula is C19H40ClN. The van der Waals surface area contributed by atoms with Crippen LogP contribution in [0.2, 0.25) is 0 Å². The molecule has 0 saturated carbocycles. The Labute approximate surface area is 140 Å². The molecule has 1 atom stereocenters. The molecule has 0 fully saturated rings. The second kappa shape index (κ2) is 20.0. The molecule has 1 nitrogen and oxygen atoms in total. The van der Waals surface area contributed by atoms with Gasteiger partial charge in [0.25, 0.3) is 0 Å². The minimum atomic E-state index is 0. The van der Waals surface area contributed by atoms with E-state index in [1.165, 1.54) is 89.9 Å². The van der Waals surface area contributed by atoms with Crippen LogP contribution < -0.4 is 5.73 Å². The topological polar surface area (TPSA) is 26.0 Å². The Morgan fingerprint density at radius 1 is 0.714 bits per heavy atom. The molecule has 0 rings (SSSR count). The molecule has 0 heterocycles. The molecular weight excluding hydrogens is 278 g/mol. The fraction of sp³-hybridized carbons (Fsp3) is 0.895. The summed E-state index contributed by atoms with van der Waals surface area (Å²) >= 11 is 0. The fourth-order valence-corrected chi connectivity index (χ4v) is 2.69. The number of hydrogen-bond donors (Lipinski definition) is 1. The van der Waals surface area contributed by atoms with Crippen LogP contribution >= 0.6 is 12.4 Å². The highest BCUT2D eigenvalue weighted by atomic mass is 35.5. The van der Waals surface area contributed by atoms with Gasteiger partial charge in [-0.1, -0.05) is 103 Å². The van der Waals surface area contributed by atoms with Gasteiger partial charge >= 0.3 is 0 Å². The lowest BCUT2D eigenvalue weighted by molar-refractivity contribution is 0.528. The highest BCUT2D eigenvalue weighted by molar-refractivity contribution is 5.85. The van der Waals surface area contributed by atoms with Crippen molar-refractivity contribution in [1.82, 2.24) is 0 Å². The maximum atomic E-state index is 5.80. The molecule has 1 unspecified atom stereocenters. The van der Waals surface area contributed by atoms with Crippen molar-refractivity contribution in [2.24, 2.45) is 5.73 Å². The van der Waals surface area contributed by atoms with Crippen LogP contribution in [0.4, 0.5) is 0 Å². The second-order valence-corrected chi connectivity index (χ2v) is 6.28. The molecule has 0 aliphatic heterocycles. The SMILES string of the molecule is C=CC(N)CCCCCCCCCCCCCCCC.Cl. The summed E-state index contributed by atoms with van der Waals surface area (Å²) in [6, 6.07) is 0.215. The average Bonchev–Trinajstić information content (AvgIpc) is 2.47. The number of hydrogen-bond acceptors (Lipinski definition) is 1. The van der Waals surface area contributed by atoms with Gasteiger partial charge in [0.2, 0.25) is 0 Å². The number of unbranched alkanes of at least 4 members (excludes halogenated alkanes) is 13. The van der Waals surface area contributed by atoms with Crippen molar-refractivity contribution >= 4 is 12.4 Å². The first-order chi connectivity index (χ1) is 9.81. The van der Waals surface area contributed by atoms with E-state index in [0.29, 0.717) is 0 Å². The van der Waals surface area contributed by atoms with Crippen molar-refractivity contribution < 1.29 is 0 Å². The highest BCUT2D eigenvalue weighted by Crippen LogP contribution is 2.13. The lowest BCUT2D eigenvalue weighted by atomic mass is 10.0. The van der Waals surface area contributed by atoms with E-state index in [-0.39, 0.29) is 18.4 Å². The molecule has 0 amide bonds. The summed E-state index contributed by atoms with van der Waals surface area (Å²) in [6.45, 7) is 6.01. The monoisotopic (exact) mass is 317 g/mol. The molecule has 0 spiro atoms. The van der Waals surface area contributed by atoms with Crippen molar-refractivity contribution in [1.29, 1.82) is 0 Å². The molecule has 0 saturated heterocycles. The molecule has 2 N–H and O–H groups in total. The molecule has 0 aliphatic rings. The summed E-state index contributed by atoms with van der Waals surface area (Å²) in [5.74, 6) is 0. The highest BCUT2D eigenvalue weighted by Gasteiger charge is 1.97. The molecule has 2 heteroatoms. The van der Waals surface area contributed by atoms with Gasteiger partial charge in [-0.2, -0.15) is 0 Å². The van der Waals surface area contributed by atoms with Gasteiger partial charge in [-0.3, -0.25) is 0 Å². The Morgan fingerprint density at radius 3 is 1.38 bits per heavy atom. The summed E-state index contributed by atoms with van der Waals surface area (Å²) in [4.78, 5) is 0. The molecule has 0 aromatic rings. The van der Waals surface area contributed by atoms with Crippen LogP contribution in [0, 0.1) is 0 Å². The molecule has 21 heavy (non-hydrogen) atoms. The molecule has 0 bridgehead atoms. The average molecular weight is 318 g/mol. The predicted molar refractivity (Wildman–Crippen MR) is 100 cm³/mol. The summed E-state index contributed by atoms with van der Waals surface area (Å²) in [6.07, 6.45) is 22.8. The Balaban J connectivity index is 0. The molecule has 0 aromatic heterocycles. The zero-order chi connectivity index (χ0) is 14.9. The maximum Gasteiger partial charge on any atom is 0.0221 e. The van der Waals surface area contributed by atoms with E-state index in [9.17, 15) is 0 Å². The van der Waals surface area contributed by atoms with Crippen LogP contribution in [0.3, 0.4) is 0 Å². The van der Waals surface area contributed by atoms with Crippen LogP contribution in [0.25, 0.3) is 0 Å². The Bertz CT molecular complexity index is 194. The van der Waals surface area contributed by atoms with Gasteiger partial charge in [-0.05, 0) is 6.42 Å². The Kier molecular flexibility index (Phi) is 22.1. The number of halogens is 1. The van der Waals surface area contributed by atoms with Gasteiger partial charge in [0.1, 0.15) is 0 Å². The maximum absolute atomic E-state index is 5.80. The van der Waals surface area contributed by atoms with Crippen LogP contribution in [-0.2, 0) is 0 Å². The number of rotatable bonds is 16. The van der Waals surface area contributed by atoms with E-state index in [1.54, 1.807) is 0 Å². The van der Waals surface area contributed by atoms with Crippen molar-refractivity contribution in [2.45, 2.75) is 109 Å². The van der Waals surface area contributed by atoms with E-state index < -0.39 is 0 Å². The van der Waals surface area contributed by atoms with Crippen molar-refractivity contribution in [3.63, 3.8) is 0 Å². The van der Waals surface area contributed by atoms with Crippen LogP contribution in [0.1, 0.15) is 103 Å². The second-order valence-electron chi connectivity index (χ2n) is 6.28. The van der Waals surface area contributed by atoms with E-state index in [4.69, 9.17) is 5.73 Å². The lowest BCUT2D eigenvalue weighted by Crippen LogP contribution is -2.15. The molecule has 0 radical (unpaired) electrons. The van der Waals surface area contributed by atoms with E-state index in [2.05, 4.69) is 13.5 Å². The minimum absolute atomic E-state index is 0. The third-order valence-electron chi connectivity index (χ3n) is 4.19. The van der Waals surface area contributed by atoms with Crippen LogP contribution in [0.5, 0.6) is 0 Å². The normalized spacial score (nSPS) is 11.9. The van der Waals surface area contributed by atoms with Crippen LogP contribution in [0.15, 0.2) is 12.7 Å². The number of nitrogens with two attached hydrogens (primary N) is 1. The summed E-state index contributed by atoms with van der Waals surface area (Å²) in [5.41, 5.74) is 5.80. The summed E-state index contributed by atoms with van der Waals surface area (Å²) in [7, 11) is 0. The molecule has 128 valence electrons. The quantitative estimate of drug-likeness (QED) is 0.246. The van der Waals surface area contributed by atoms with Crippen molar-refractivity contribution in [3.8, 4) is 0 Å². The van der Waals surface area contributed by atoms with Gasteiger partial charge in [0.15, 0.2) is 0 Å². The fourth-order valence-electron chi connectivity index (χ4n) is 2.69. The van der Waals surface area contributed by atoms with Gasteiger partial charge in [0, 0.05) is 6.04 Å². The standard InChI is InChI=1S/C19H39N.ClH/c1-3-5-6-7-8-9-10-11-12-13-14-15-16-17-18-19(20)4-2;/h4,19H,2-3,5-18,20H2,1H3;1H. The molecule has 0 aliphatic carbocycles. The first-order valence-electron chi connectivity index (χ1n) is 9.19. The third-order valence-corrected chi connectivity index (χ3v) is 4.19. The zero-order valence-corrected chi connectivity index (χ0v) is 15.3. The van der Waals surface area contributed by atoms with E-state index in [0.717, 1.165) is 6.42 Å². The molecule has 0 aromatic carbocycles. The van der Waals surface area contributed by atoms with Gasteiger partial charge in [-0.25, -0.2) is 0 Å². The third kappa shape index (κ3) is 20.0. The smallest absolute Gasteiger partial charge is 0.0221 e. The summed E-state index contributed by atoms with van der Waals surface area (Å²) in [5, 5.41) is 0. The van der Waals surface area contributed by atoms with E-state index >= 15 is 0 Å². The van der Waals surface area contributed by atoms with Gasteiger partial charge in [0.05, 0.1) is 0 Å². The van der Waals surface area contributed by atoms with E-state index in [1.807, 2.05) is 6.08 Å². The minimum Gasteiger partial charge on any atom is -0.324 e. The van der Waals surface area contributed by atoms with Crippen LogP contribution in [-0.4, -0.2) is 6.04 Å². The summed E-state index contributed by atoms with van der Waals surface area (Å²) < 4.78 is 0. The van der Waals surface area contributed by atoms with Gasteiger partial charge < -0.3 is 5.73 Å².